The summed E-state index contributed by atoms with van der Waals surface area (Å²) in [4.78, 5) is 0. The molecule has 0 aromatic heterocycles. The SMILES string of the molecule is CCCC(C)C(C)CC1C(C)C1C(F)(F)F. The van der Waals surface area contributed by atoms with E-state index in [-0.39, 0.29) is 11.8 Å². The second-order valence-electron chi connectivity index (χ2n) is 5.57. The lowest BCUT2D eigenvalue weighted by molar-refractivity contribution is -0.154. The van der Waals surface area contributed by atoms with E-state index in [1.54, 1.807) is 6.92 Å². The Kier molecular flexibility index (Phi) is 4.30. The topological polar surface area (TPSA) is 0 Å². The first-order valence-corrected chi connectivity index (χ1v) is 6.35. The Labute approximate surface area is 96.6 Å². The fourth-order valence-corrected chi connectivity index (χ4v) is 2.85. The molecule has 0 amide bonds. The van der Waals surface area contributed by atoms with Crippen LogP contribution in [0.4, 0.5) is 13.2 Å². The molecule has 1 aliphatic rings. The lowest BCUT2D eigenvalue weighted by atomic mass is 9.87. The van der Waals surface area contributed by atoms with E-state index in [4.69, 9.17) is 0 Å². The quantitative estimate of drug-likeness (QED) is 0.637. The van der Waals surface area contributed by atoms with E-state index < -0.39 is 12.1 Å². The zero-order valence-electron chi connectivity index (χ0n) is 10.6. The van der Waals surface area contributed by atoms with E-state index >= 15 is 0 Å². The molecule has 1 aliphatic carbocycles. The molecular formula is C13H23F3. The van der Waals surface area contributed by atoms with E-state index in [1.807, 2.05) is 0 Å². The van der Waals surface area contributed by atoms with Crippen LogP contribution in [0.3, 0.4) is 0 Å². The Morgan fingerprint density at radius 3 is 2.06 bits per heavy atom. The Morgan fingerprint density at radius 2 is 1.69 bits per heavy atom. The standard InChI is InChI=1S/C13H23F3/c1-5-6-8(2)9(3)7-11-10(4)12(11)13(14,15)16/h8-12H,5-7H2,1-4H3. The molecule has 0 saturated heterocycles. The average Bonchev–Trinajstić information content (AvgIpc) is 2.76. The van der Waals surface area contributed by atoms with E-state index in [0.717, 1.165) is 19.3 Å². The van der Waals surface area contributed by atoms with Crippen LogP contribution < -0.4 is 0 Å². The second kappa shape index (κ2) is 4.97. The zero-order valence-corrected chi connectivity index (χ0v) is 10.6. The normalized spacial score (nSPS) is 33.6. The van der Waals surface area contributed by atoms with Crippen LogP contribution in [0.1, 0.15) is 47.0 Å². The monoisotopic (exact) mass is 236 g/mol. The van der Waals surface area contributed by atoms with E-state index in [0.29, 0.717) is 11.8 Å². The van der Waals surface area contributed by atoms with E-state index in [9.17, 15) is 13.2 Å². The Bertz CT molecular complexity index is 222. The maximum absolute atomic E-state index is 12.5. The van der Waals surface area contributed by atoms with Gasteiger partial charge in [-0.2, -0.15) is 13.2 Å². The summed E-state index contributed by atoms with van der Waals surface area (Å²) >= 11 is 0. The van der Waals surface area contributed by atoms with E-state index in [1.165, 1.54) is 0 Å². The summed E-state index contributed by atoms with van der Waals surface area (Å²) < 4.78 is 37.6. The molecule has 0 N–H and O–H groups in total. The van der Waals surface area contributed by atoms with Crippen molar-refractivity contribution in [3.05, 3.63) is 0 Å². The van der Waals surface area contributed by atoms with Crippen molar-refractivity contribution >= 4 is 0 Å². The number of rotatable bonds is 5. The molecule has 96 valence electrons. The molecule has 0 aromatic rings. The van der Waals surface area contributed by atoms with Crippen LogP contribution >= 0.6 is 0 Å². The highest BCUT2D eigenvalue weighted by Gasteiger charge is 2.61. The minimum absolute atomic E-state index is 0.116. The molecule has 5 atom stereocenters. The Morgan fingerprint density at radius 1 is 1.12 bits per heavy atom. The van der Waals surface area contributed by atoms with Crippen LogP contribution in [0.25, 0.3) is 0 Å². The van der Waals surface area contributed by atoms with Gasteiger partial charge in [-0.15, -0.1) is 0 Å². The summed E-state index contributed by atoms with van der Waals surface area (Å²) in [5.41, 5.74) is 0. The van der Waals surface area contributed by atoms with Crippen molar-refractivity contribution in [2.75, 3.05) is 0 Å². The van der Waals surface area contributed by atoms with Gasteiger partial charge in [0.25, 0.3) is 0 Å². The first kappa shape index (κ1) is 13.9. The summed E-state index contributed by atoms with van der Waals surface area (Å²) in [7, 11) is 0. The van der Waals surface area contributed by atoms with Crippen molar-refractivity contribution in [1.82, 2.24) is 0 Å². The predicted octanol–water partition coefficient (Wildman–Crippen LogP) is 4.89. The second-order valence-corrected chi connectivity index (χ2v) is 5.57. The first-order valence-electron chi connectivity index (χ1n) is 6.35. The number of hydrogen-bond donors (Lipinski definition) is 0. The van der Waals surface area contributed by atoms with Crippen LogP contribution in [0.2, 0.25) is 0 Å². The molecule has 0 heterocycles. The molecule has 1 saturated carbocycles. The molecule has 1 rings (SSSR count). The average molecular weight is 236 g/mol. The zero-order chi connectivity index (χ0) is 12.5. The fraction of sp³-hybridized carbons (Fsp3) is 1.00. The molecule has 0 aromatic carbocycles. The van der Waals surface area contributed by atoms with Crippen molar-refractivity contribution in [3.8, 4) is 0 Å². The molecule has 0 bridgehead atoms. The van der Waals surface area contributed by atoms with Crippen LogP contribution in [0.15, 0.2) is 0 Å². The maximum atomic E-state index is 12.5. The van der Waals surface area contributed by atoms with Gasteiger partial charge in [0.2, 0.25) is 0 Å². The van der Waals surface area contributed by atoms with Gasteiger partial charge in [0.1, 0.15) is 0 Å². The van der Waals surface area contributed by atoms with Gasteiger partial charge in [-0.05, 0) is 30.1 Å². The molecule has 0 aliphatic heterocycles. The van der Waals surface area contributed by atoms with Crippen LogP contribution in [0.5, 0.6) is 0 Å². The first-order chi connectivity index (χ1) is 7.29. The van der Waals surface area contributed by atoms with Gasteiger partial charge in [0.15, 0.2) is 0 Å². The van der Waals surface area contributed by atoms with Gasteiger partial charge in [0.05, 0.1) is 5.92 Å². The third-order valence-electron chi connectivity index (χ3n) is 4.30. The maximum Gasteiger partial charge on any atom is 0.392 e. The summed E-state index contributed by atoms with van der Waals surface area (Å²) in [6, 6.07) is 0. The highest BCUT2D eigenvalue weighted by Crippen LogP contribution is 2.58. The summed E-state index contributed by atoms with van der Waals surface area (Å²) in [5, 5.41) is 0. The molecule has 5 unspecified atom stereocenters. The molecule has 3 heteroatoms. The number of hydrogen-bond acceptors (Lipinski definition) is 0. The summed E-state index contributed by atoms with van der Waals surface area (Å²) in [5.74, 6) is -0.333. The molecule has 0 spiro atoms. The van der Waals surface area contributed by atoms with Crippen molar-refractivity contribution in [1.29, 1.82) is 0 Å². The van der Waals surface area contributed by atoms with Crippen molar-refractivity contribution in [2.45, 2.75) is 53.1 Å². The molecule has 0 nitrogen and oxygen atoms in total. The highest BCUT2D eigenvalue weighted by molar-refractivity contribution is 4.99. The van der Waals surface area contributed by atoms with Gasteiger partial charge >= 0.3 is 6.18 Å². The van der Waals surface area contributed by atoms with Crippen LogP contribution in [-0.2, 0) is 0 Å². The minimum Gasteiger partial charge on any atom is -0.171 e. The van der Waals surface area contributed by atoms with Gasteiger partial charge in [0, 0.05) is 0 Å². The number of alkyl halides is 3. The summed E-state index contributed by atoms with van der Waals surface area (Å²) in [6.45, 7) is 8.12. The summed E-state index contributed by atoms with van der Waals surface area (Å²) in [6.07, 6.45) is -0.988. The lowest BCUT2D eigenvalue weighted by Gasteiger charge is -2.19. The Balaban J connectivity index is 2.40. The van der Waals surface area contributed by atoms with Crippen molar-refractivity contribution < 1.29 is 13.2 Å². The van der Waals surface area contributed by atoms with Crippen molar-refractivity contribution in [3.63, 3.8) is 0 Å². The van der Waals surface area contributed by atoms with Crippen molar-refractivity contribution in [2.24, 2.45) is 29.6 Å². The minimum atomic E-state index is -3.97. The highest BCUT2D eigenvalue weighted by atomic mass is 19.4. The third-order valence-corrected chi connectivity index (χ3v) is 4.30. The van der Waals surface area contributed by atoms with Crippen LogP contribution in [-0.4, -0.2) is 6.18 Å². The predicted molar refractivity (Wildman–Crippen MR) is 60.1 cm³/mol. The number of halogens is 3. The molecular weight excluding hydrogens is 213 g/mol. The molecule has 1 fully saturated rings. The molecule has 16 heavy (non-hydrogen) atoms. The van der Waals surface area contributed by atoms with Crippen LogP contribution in [0, 0.1) is 29.6 Å². The third kappa shape index (κ3) is 3.14. The molecule has 0 radical (unpaired) electrons. The Hall–Kier alpha value is -0.210. The lowest BCUT2D eigenvalue weighted by Crippen LogP contribution is -2.15. The smallest absolute Gasteiger partial charge is 0.171 e. The fourth-order valence-electron chi connectivity index (χ4n) is 2.85. The van der Waals surface area contributed by atoms with Gasteiger partial charge in [-0.25, -0.2) is 0 Å². The van der Waals surface area contributed by atoms with Gasteiger partial charge in [-0.1, -0.05) is 40.5 Å². The largest absolute Gasteiger partial charge is 0.392 e. The van der Waals surface area contributed by atoms with Gasteiger partial charge in [-0.3, -0.25) is 0 Å². The van der Waals surface area contributed by atoms with Gasteiger partial charge < -0.3 is 0 Å². The van der Waals surface area contributed by atoms with E-state index in [2.05, 4.69) is 20.8 Å².